The molecule has 4 rings (SSSR count). The van der Waals surface area contributed by atoms with Gasteiger partial charge in [-0.25, -0.2) is 19.3 Å². The predicted molar refractivity (Wildman–Crippen MR) is 111 cm³/mol. The molecule has 1 aromatic carbocycles. The Morgan fingerprint density at radius 3 is 2.54 bits per heavy atom. The van der Waals surface area contributed by atoms with Crippen molar-refractivity contribution in [1.29, 1.82) is 0 Å². The van der Waals surface area contributed by atoms with Crippen molar-refractivity contribution in [1.82, 2.24) is 19.5 Å². The molecule has 0 atom stereocenters. The van der Waals surface area contributed by atoms with Crippen LogP contribution in [0.2, 0.25) is 0 Å². The van der Waals surface area contributed by atoms with Gasteiger partial charge in [0.05, 0.1) is 17.0 Å². The first-order valence-electron chi connectivity index (χ1n) is 9.39. The Balaban J connectivity index is 1.76. The normalized spacial score (nSPS) is 13.8. The van der Waals surface area contributed by atoms with Crippen molar-refractivity contribution in [2.45, 2.75) is 19.8 Å². The van der Waals surface area contributed by atoms with E-state index >= 15 is 0 Å². The summed E-state index contributed by atoms with van der Waals surface area (Å²) >= 11 is 0. The molecule has 1 aliphatic carbocycles. The Morgan fingerprint density at radius 2 is 1.93 bits per heavy atom. The zero-order chi connectivity index (χ0) is 19.5. The summed E-state index contributed by atoms with van der Waals surface area (Å²) in [5, 5.41) is 3.27. The van der Waals surface area contributed by atoms with E-state index in [1.54, 1.807) is 30.6 Å². The van der Waals surface area contributed by atoms with Crippen LogP contribution in [0.3, 0.4) is 0 Å². The second kappa shape index (κ2) is 7.76. The SMILES string of the molecule is C=Cc1c(/C=C\C)nc(-c2cnc(NCC3CC3)nc2)n1-c1ccc(F)cc1. The first kappa shape index (κ1) is 18.1. The van der Waals surface area contributed by atoms with E-state index in [2.05, 4.69) is 21.9 Å². The van der Waals surface area contributed by atoms with Crippen molar-refractivity contribution in [3.05, 3.63) is 66.5 Å². The molecule has 28 heavy (non-hydrogen) atoms. The topological polar surface area (TPSA) is 55.6 Å². The van der Waals surface area contributed by atoms with E-state index in [1.807, 2.05) is 23.6 Å². The molecule has 142 valence electrons. The third-order valence-corrected chi connectivity index (χ3v) is 4.70. The number of anilines is 1. The Labute approximate surface area is 163 Å². The highest BCUT2D eigenvalue weighted by atomic mass is 19.1. The van der Waals surface area contributed by atoms with Gasteiger partial charge in [-0.15, -0.1) is 0 Å². The molecule has 0 saturated heterocycles. The van der Waals surface area contributed by atoms with Gasteiger partial charge in [-0.1, -0.05) is 12.7 Å². The van der Waals surface area contributed by atoms with Gasteiger partial charge in [0.25, 0.3) is 0 Å². The number of imidazole rings is 1. The van der Waals surface area contributed by atoms with Crippen LogP contribution in [0.15, 0.2) is 49.3 Å². The van der Waals surface area contributed by atoms with Gasteiger partial charge in [0.1, 0.15) is 11.6 Å². The summed E-state index contributed by atoms with van der Waals surface area (Å²) in [4.78, 5) is 13.6. The van der Waals surface area contributed by atoms with E-state index in [4.69, 9.17) is 4.98 Å². The molecule has 0 bridgehead atoms. The van der Waals surface area contributed by atoms with Gasteiger partial charge in [0, 0.05) is 24.6 Å². The van der Waals surface area contributed by atoms with E-state index in [-0.39, 0.29) is 5.82 Å². The van der Waals surface area contributed by atoms with Gasteiger partial charge in [0.2, 0.25) is 5.95 Å². The smallest absolute Gasteiger partial charge is 0.222 e. The fourth-order valence-electron chi connectivity index (χ4n) is 3.06. The fraction of sp³-hybridized carbons (Fsp3) is 0.227. The Morgan fingerprint density at radius 1 is 1.21 bits per heavy atom. The average molecular weight is 375 g/mol. The second-order valence-corrected chi connectivity index (χ2v) is 6.84. The van der Waals surface area contributed by atoms with Crippen molar-refractivity contribution in [2.75, 3.05) is 11.9 Å². The van der Waals surface area contributed by atoms with Gasteiger partial charge in [-0.3, -0.25) is 4.57 Å². The van der Waals surface area contributed by atoms with Gasteiger partial charge >= 0.3 is 0 Å². The summed E-state index contributed by atoms with van der Waals surface area (Å²) in [6.45, 7) is 6.79. The summed E-state index contributed by atoms with van der Waals surface area (Å²) in [6.07, 6.45) is 11.7. The maximum Gasteiger partial charge on any atom is 0.222 e. The van der Waals surface area contributed by atoms with E-state index in [0.29, 0.717) is 11.8 Å². The minimum absolute atomic E-state index is 0.284. The lowest BCUT2D eigenvalue weighted by atomic mass is 10.2. The van der Waals surface area contributed by atoms with Crippen LogP contribution in [0.1, 0.15) is 31.2 Å². The van der Waals surface area contributed by atoms with Crippen molar-refractivity contribution in [2.24, 2.45) is 5.92 Å². The first-order chi connectivity index (χ1) is 13.7. The molecular formula is C22H22FN5. The Kier molecular flexibility index (Phi) is 5.02. The van der Waals surface area contributed by atoms with Crippen molar-refractivity contribution < 1.29 is 4.39 Å². The van der Waals surface area contributed by atoms with Gasteiger partial charge in [0.15, 0.2) is 0 Å². The van der Waals surface area contributed by atoms with Crippen molar-refractivity contribution in [3.8, 4) is 17.1 Å². The summed E-state index contributed by atoms with van der Waals surface area (Å²) in [7, 11) is 0. The van der Waals surface area contributed by atoms with Gasteiger partial charge < -0.3 is 5.32 Å². The van der Waals surface area contributed by atoms with Crippen LogP contribution in [0.25, 0.3) is 29.2 Å². The van der Waals surface area contributed by atoms with E-state index < -0.39 is 0 Å². The average Bonchev–Trinajstić information content (AvgIpc) is 3.48. The van der Waals surface area contributed by atoms with Crippen LogP contribution in [0.5, 0.6) is 0 Å². The third kappa shape index (κ3) is 3.71. The molecule has 0 spiro atoms. The molecule has 2 heterocycles. The zero-order valence-corrected chi connectivity index (χ0v) is 15.8. The van der Waals surface area contributed by atoms with Crippen LogP contribution < -0.4 is 5.32 Å². The minimum atomic E-state index is -0.284. The maximum absolute atomic E-state index is 13.4. The van der Waals surface area contributed by atoms with Gasteiger partial charge in [-0.05, 0) is 62.1 Å². The maximum atomic E-state index is 13.4. The molecule has 2 aromatic heterocycles. The lowest BCUT2D eigenvalue weighted by Crippen LogP contribution is -2.07. The highest BCUT2D eigenvalue weighted by molar-refractivity contribution is 5.69. The fourth-order valence-corrected chi connectivity index (χ4v) is 3.06. The van der Waals surface area contributed by atoms with E-state index in [0.717, 1.165) is 35.1 Å². The number of hydrogen-bond acceptors (Lipinski definition) is 4. The third-order valence-electron chi connectivity index (χ3n) is 4.70. The summed E-state index contributed by atoms with van der Waals surface area (Å²) < 4.78 is 15.4. The van der Waals surface area contributed by atoms with Crippen LogP contribution in [-0.4, -0.2) is 26.1 Å². The summed E-state index contributed by atoms with van der Waals surface area (Å²) in [6, 6.07) is 6.31. The molecule has 0 amide bonds. The summed E-state index contributed by atoms with van der Waals surface area (Å²) in [5.41, 5.74) is 3.19. The van der Waals surface area contributed by atoms with Crippen LogP contribution >= 0.6 is 0 Å². The van der Waals surface area contributed by atoms with Crippen LogP contribution in [-0.2, 0) is 0 Å². The number of nitrogens with one attached hydrogen (secondary N) is 1. The molecule has 1 aliphatic rings. The molecule has 0 unspecified atom stereocenters. The molecule has 1 fully saturated rings. The molecule has 0 radical (unpaired) electrons. The first-order valence-corrected chi connectivity index (χ1v) is 9.39. The molecule has 0 aliphatic heterocycles. The number of halogens is 1. The molecule has 1 N–H and O–H groups in total. The number of hydrogen-bond donors (Lipinski definition) is 1. The minimum Gasteiger partial charge on any atom is -0.354 e. The van der Waals surface area contributed by atoms with Crippen molar-refractivity contribution >= 4 is 18.1 Å². The largest absolute Gasteiger partial charge is 0.354 e. The standard InChI is InChI=1S/C22H22FN5/c1-3-5-19-20(4-2)28(18-10-8-17(23)9-11-18)21(27-19)16-13-25-22(26-14-16)24-12-15-6-7-15/h3-5,8-11,13-15H,2,6-7,12H2,1H3,(H,24,25,26)/b5-3-. The molecule has 3 aromatic rings. The molecular weight excluding hydrogens is 353 g/mol. The Bertz CT molecular complexity index is 999. The lowest BCUT2D eigenvalue weighted by molar-refractivity contribution is 0.627. The van der Waals surface area contributed by atoms with Gasteiger partial charge in [-0.2, -0.15) is 0 Å². The van der Waals surface area contributed by atoms with Crippen LogP contribution in [0, 0.1) is 11.7 Å². The number of benzene rings is 1. The molecule has 1 saturated carbocycles. The Hall–Kier alpha value is -3.28. The zero-order valence-electron chi connectivity index (χ0n) is 15.8. The number of nitrogens with zero attached hydrogens (tertiary/aromatic N) is 4. The molecule has 5 nitrogen and oxygen atoms in total. The van der Waals surface area contributed by atoms with Crippen LogP contribution in [0.4, 0.5) is 10.3 Å². The number of allylic oxidation sites excluding steroid dienone is 1. The van der Waals surface area contributed by atoms with E-state index in [1.165, 1.54) is 25.0 Å². The monoisotopic (exact) mass is 375 g/mol. The molecule has 6 heteroatoms. The summed E-state index contributed by atoms with van der Waals surface area (Å²) in [5.74, 6) is 1.77. The highest BCUT2D eigenvalue weighted by Crippen LogP contribution is 2.30. The number of rotatable bonds is 7. The van der Waals surface area contributed by atoms with E-state index in [9.17, 15) is 4.39 Å². The predicted octanol–water partition coefficient (Wildman–Crippen LogP) is 4.97. The highest BCUT2D eigenvalue weighted by Gasteiger charge is 2.21. The quantitative estimate of drug-likeness (QED) is 0.634. The lowest BCUT2D eigenvalue weighted by Gasteiger charge is -2.11. The number of aromatic nitrogens is 4. The second-order valence-electron chi connectivity index (χ2n) is 6.84. The van der Waals surface area contributed by atoms with Crippen molar-refractivity contribution in [3.63, 3.8) is 0 Å².